The van der Waals surface area contributed by atoms with Gasteiger partial charge in [-0.2, -0.15) is 0 Å². The lowest BCUT2D eigenvalue weighted by molar-refractivity contribution is 0.680. The molecule has 0 unspecified atom stereocenters. The molecular weight excluding hydrogens is 270 g/mol. The second-order valence-corrected chi connectivity index (χ2v) is 6.03. The van der Waals surface area contributed by atoms with Crippen molar-refractivity contribution in [2.45, 2.75) is 19.4 Å². The molecule has 1 aromatic heterocycles. The number of hydrogen-bond donors (Lipinski definition) is 0. The maximum atomic E-state index is 5.53. The van der Waals surface area contributed by atoms with E-state index >= 15 is 0 Å². The third-order valence-electron chi connectivity index (χ3n) is 3.22. The molecule has 0 saturated heterocycles. The first-order chi connectivity index (χ1) is 9.34. The smallest absolute Gasteiger partial charge is 0.123 e. The van der Waals surface area contributed by atoms with Gasteiger partial charge in [0.05, 0.1) is 4.70 Å². The number of benzene rings is 2. The van der Waals surface area contributed by atoms with Crippen molar-refractivity contribution in [3.8, 4) is 0 Å². The van der Waals surface area contributed by atoms with Crippen LogP contribution >= 0.6 is 23.8 Å². The highest BCUT2D eigenvalue weighted by atomic mass is 32.1. The van der Waals surface area contributed by atoms with E-state index in [0.29, 0.717) is 0 Å². The Bertz CT molecular complexity index is 725. The number of nitrogens with zero attached hydrogens (tertiary/aromatic N) is 1. The number of aromatic nitrogens is 1. The fraction of sp³-hybridized carbons (Fsp3) is 0.188. The van der Waals surface area contributed by atoms with Gasteiger partial charge in [-0.3, -0.25) is 3.96 Å². The molecule has 0 atom stereocenters. The lowest BCUT2D eigenvalue weighted by Crippen LogP contribution is -1.96. The van der Waals surface area contributed by atoms with Gasteiger partial charge >= 0.3 is 0 Å². The van der Waals surface area contributed by atoms with Crippen LogP contribution in [0.3, 0.4) is 0 Å². The molecule has 0 fully saturated rings. The van der Waals surface area contributed by atoms with Crippen molar-refractivity contribution < 1.29 is 0 Å². The molecule has 3 rings (SSSR count). The number of hydrogen-bond acceptors (Lipinski definition) is 2. The standard InChI is InChI=1S/C16H15NS2/c18-16-14-10-4-5-11-15(14)19-17(16)12-6-9-13-7-2-1-3-8-13/h1-5,7-8,10-11H,6,9,12H2. The molecule has 19 heavy (non-hydrogen) atoms. The summed E-state index contributed by atoms with van der Waals surface area (Å²) in [5.41, 5.74) is 1.40. The number of aryl methyl sites for hydroxylation is 2. The Kier molecular flexibility index (Phi) is 3.76. The van der Waals surface area contributed by atoms with E-state index in [0.717, 1.165) is 24.0 Å². The summed E-state index contributed by atoms with van der Waals surface area (Å²) in [5, 5.41) is 1.21. The van der Waals surface area contributed by atoms with E-state index < -0.39 is 0 Å². The van der Waals surface area contributed by atoms with Gasteiger partial charge in [-0.25, -0.2) is 0 Å². The molecule has 0 aliphatic heterocycles. The summed E-state index contributed by atoms with van der Waals surface area (Å²) in [6.45, 7) is 1.01. The third kappa shape index (κ3) is 2.77. The molecule has 0 amide bonds. The second kappa shape index (κ2) is 5.68. The van der Waals surface area contributed by atoms with Crippen molar-refractivity contribution in [3.63, 3.8) is 0 Å². The molecule has 3 aromatic rings. The van der Waals surface area contributed by atoms with E-state index in [9.17, 15) is 0 Å². The van der Waals surface area contributed by atoms with E-state index in [2.05, 4.69) is 58.6 Å². The third-order valence-corrected chi connectivity index (χ3v) is 4.92. The first-order valence-corrected chi connectivity index (χ1v) is 7.65. The summed E-state index contributed by atoms with van der Waals surface area (Å²) in [7, 11) is 0. The van der Waals surface area contributed by atoms with Crippen LogP contribution < -0.4 is 0 Å². The summed E-state index contributed by atoms with van der Waals surface area (Å²) in [6.07, 6.45) is 2.24. The molecule has 0 N–H and O–H groups in total. The van der Waals surface area contributed by atoms with Crippen LogP contribution in [0.15, 0.2) is 54.6 Å². The van der Waals surface area contributed by atoms with E-state index in [4.69, 9.17) is 12.2 Å². The minimum absolute atomic E-state index is 0.980. The fourth-order valence-electron chi connectivity index (χ4n) is 2.24. The van der Waals surface area contributed by atoms with E-state index in [1.165, 1.54) is 15.6 Å². The Labute approximate surface area is 122 Å². The van der Waals surface area contributed by atoms with Crippen LogP contribution in [0.5, 0.6) is 0 Å². The molecule has 3 heteroatoms. The van der Waals surface area contributed by atoms with Crippen molar-refractivity contribution in [3.05, 3.63) is 64.8 Å². The fourth-order valence-corrected chi connectivity index (χ4v) is 3.72. The predicted octanol–water partition coefficient (Wildman–Crippen LogP) is 5.07. The van der Waals surface area contributed by atoms with E-state index in [-0.39, 0.29) is 0 Å². The van der Waals surface area contributed by atoms with Gasteiger partial charge < -0.3 is 0 Å². The van der Waals surface area contributed by atoms with Crippen molar-refractivity contribution in [1.29, 1.82) is 0 Å². The Morgan fingerprint density at radius 2 is 1.68 bits per heavy atom. The van der Waals surface area contributed by atoms with Gasteiger partial charge in [-0.1, -0.05) is 72.3 Å². The summed E-state index contributed by atoms with van der Waals surface area (Å²) in [6, 6.07) is 19.0. The molecular formula is C16H15NS2. The lowest BCUT2D eigenvalue weighted by atomic mass is 10.1. The topological polar surface area (TPSA) is 4.93 Å². The number of fused-ring (bicyclic) bond motifs is 1. The average molecular weight is 285 g/mol. The zero-order valence-corrected chi connectivity index (χ0v) is 12.2. The molecule has 1 nitrogen and oxygen atoms in total. The monoisotopic (exact) mass is 285 g/mol. The van der Waals surface area contributed by atoms with Crippen LogP contribution in [0, 0.1) is 4.64 Å². The van der Waals surface area contributed by atoms with Crippen molar-refractivity contribution in [2.24, 2.45) is 0 Å². The van der Waals surface area contributed by atoms with Gasteiger partial charge in [0.1, 0.15) is 4.64 Å². The molecule has 0 aliphatic rings. The lowest BCUT2D eigenvalue weighted by Gasteiger charge is -2.02. The molecule has 2 aromatic carbocycles. The minimum atomic E-state index is 0.980. The zero-order valence-electron chi connectivity index (χ0n) is 10.6. The summed E-state index contributed by atoms with van der Waals surface area (Å²) >= 11 is 7.30. The van der Waals surface area contributed by atoms with Gasteiger partial charge in [-0.05, 0) is 24.5 Å². The van der Waals surface area contributed by atoms with Gasteiger partial charge in [0.15, 0.2) is 0 Å². The highest BCUT2D eigenvalue weighted by Crippen LogP contribution is 2.23. The molecule has 0 spiro atoms. The summed E-state index contributed by atoms with van der Waals surface area (Å²) < 4.78 is 4.50. The molecule has 96 valence electrons. The van der Waals surface area contributed by atoms with Gasteiger partial charge in [0.2, 0.25) is 0 Å². The van der Waals surface area contributed by atoms with Crippen LogP contribution in [-0.4, -0.2) is 3.96 Å². The van der Waals surface area contributed by atoms with Crippen LogP contribution in [-0.2, 0) is 13.0 Å². The molecule has 0 bridgehead atoms. The van der Waals surface area contributed by atoms with Crippen LogP contribution in [0.2, 0.25) is 0 Å². The predicted molar refractivity (Wildman–Crippen MR) is 85.4 cm³/mol. The van der Waals surface area contributed by atoms with Crippen LogP contribution in [0.1, 0.15) is 12.0 Å². The van der Waals surface area contributed by atoms with Crippen molar-refractivity contribution in [2.75, 3.05) is 0 Å². The van der Waals surface area contributed by atoms with E-state index in [1.807, 2.05) is 0 Å². The second-order valence-electron chi connectivity index (χ2n) is 4.58. The maximum absolute atomic E-state index is 5.53. The number of rotatable bonds is 4. The van der Waals surface area contributed by atoms with Gasteiger partial charge in [0, 0.05) is 11.9 Å². The Morgan fingerprint density at radius 1 is 0.947 bits per heavy atom. The minimum Gasteiger partial charge on any atom is -0.287 e. The maximum Gasteiger partial charge on any atom is 0.123 e. The summed E-state index contributed by atoms with van der Waals surface area (Å²) in [4.78, 5) is 0. The summed E-state index contributed by atoms with van der Waals surface area (Å²) in [5.74, 6) is 0. The molecule has 0 aliphatic carbocycles. The molecule has 0 saturated carbocycles. The molecule has 1 heterocycles. The van der Waals surface area contributed by atoms with Crippen molar-refractivity contribution in [1.82, 2.24) is 3.96 Å². The Hall–Kier alpha value is -1.45. The molecule has 0 radical (unpaired) electrons. The van der Waals surface area contributed by atoms with Gasteiger partial charge in [0.25, 0.3) is 0 Å². The van der Waals surface area contributed by atoms with Crippen molar-refractivity contribution >= 4 is 33.8 Å². The van der Waals surface area contributed by atoms with E-state index in [1.54, 1.807) is 11.5 Å². The van der Waals surface area contributed by atoms with Gasteiger partial charge in [-0.15, -0.1) is 0 Å². The van der Waals surface area contributed by atoms with Crippen LogP contribution in [0.4, 0.5) is 0 Å². The first-order valence-electron chi connectivity index (χ1n) is 6.47. The first kappa shape index (κ1) is 12.6. The van der Waals surface area contributed by atoms with Crippen LogP contribution in [0.25, 0.3) is 10.1 Å². The normalized spacial score (nSPS) is 10.9. The Morgan fingerprint density at radius 3 is 2.47 bits per heavy atom. The largest absolute Gasteiger partial charge is 0.287 e. The Balaban J connectivity index is 1.72. The SMILES string of the molecule is S=c1c2ccccc2sn1CCCc1ccccc1. The zero-order chi connectivity index (χ0) is 13.1. The highest BCUT2D eigenvalue weighted by Gasteiger charge is 2.03. The highest BCUT2D eigenvalue weighted by molar-refractivity contribution is 7.71. The quantitative estimate of drug-likeness (QED) is 0.606. The average Bonchev–Trinajstić information content (AvgIpc) is 2.78.